The molecule has 9 heteroatoms. The fourth-order valence-electron chi connectivity index (χ4n) is 1.67. The smallest absolute Gasteiger partial charge is 0.335 e. The van der Waals surface area contributed by atoms with Gasteiger partial charge in [0, 0.05) is 0 Å². The molecule has 1 aromatic heterocycles. The van der Waals surface area contributed by atoms with Crippen molar-refractivity contribution >= 4 is 17.7 Å². The number of carbonyl (C=O) groups is 1. The fraction of sp³-hybridized carbons (Fsp3) is 0.273. The molecule has 0 atom stereocenters. The van der Waals surface area contributed by atoms with E-state index in [1.165, 1.54) is 4.68 Å². The Labute approximate surface area is 115 Å². The number of halogens is 2. The first-order valence-corrected chi connectivity index (χ1v) is 6.56. The minimum absolute atomic E-state index is 0.178. The molecule has 0 bridgehead atoms. The Morgan fingerprint density at radius 1 is 1.35 bits per heavy atom. The molecule has 0 amide bonds. The summed E-state index contributed by atoms with van der Waals surface area (Å²) in [6, 6.07) is 1.73. The van der Waals surface area contributed by atoms with Crippen molar-refractivity contribution in [2.24, 2.45) is 0 Å². The van der Waals surface area contributed by atoms with E-state index >= 15 is 0 Å². The van der Waals surface area contributed by atoms with Gasteiger partial charge in [-0.3, -0.25) is 0 Å². The number of tetrazole rings is 1. The van der Waals surface area contributed by atoms with Gasteiger partial charge in [0.25, 0.3) is 0 Å². The lowest BCUT2D eigenvalue weighted by molar-refractivity contribution is 0.0695. The zero-order valence-electron chi connectivity index (χ0n) is 9.95. The number of benzene rings is 1. The van der Waals surface area contributed by atoms with Crippen LogP contribution >= 0.6 is 11.8 Å². The molecule has 1 saturated carbocycles. The molecule has 0 unspecified atom stereocenters. The summed E-state index contributed by atoms with van der Waals surface area (Å²) in [6.45, 7) is 0. The topological polar surface area (TPSA) is 80.9 Å². The Hall–Kier alpha value is -2.03. The molecule has 2 aromatic rings. The van der Waals surface area contributed by atoms with Crippen molar-refractivity contribution < 1.29 is 18.7 Å². The second-order valence-corrected chi connectivity index (χ2v) is 5.29. The Morgan fingerprint density at radius 3 is 2.55 bits per heavy atom. The molecule has 0 spiro atoms. The number of hydrogen-bond donors (Lipinski definition) is 1. The van der Waals surface area contributed by atoms with Crippen LogP contribution in [-0.2, 0) is 0 Å². The summed E-state index contributed by atoms with van der Waals surface area (Å²) in [4.78, 5) is 10.4. The Kier molecular flexibility index (Phi) is 3.13. The minimum atomic E-state index is -1.39. The van der Waals surface area contributed by atoms with Crippen LogP contribution in [0.15, 0.2) is 22.2 Å². The molecule has 0 saturated heterocycles. The van der Waals surface area contributed by atoms with E-state index in [4.69, 9.17) is 5.11 Å². The molecule has 6 nitrogen and oxygen atoms in total. The zero-order chi connectivity index (χ0) is 14.3. The molecule has 104 valence electrons. The molecule has 1 N–H and O–H groups in total. The molecule has 1 aliphatic rings. The number of carboxylic acids is 1. The highest BCUT2D eigenvalue weighted by Gasteiger charge is 2.29. The van der Waals surface area contributed by atoms with Crippen LogP contribution in [0.5, 0.6) is 0 Å². The van der Waals surface area contributed by atoms with Crippen LogP contribution in [0, 0.1) is 11.6 Å². The number of rotatable bonds is 4. The molecule has 20 heavy (non-hydrogen) atoms. The van der Waals surface area contributed by atoms with Crippen LogP contribution in [-0.4, -0.2) is 31.3 Å². The SMILES string of the molecule is O=C(O)c1cc(F)c(Sc2nnnn2C2CC2)c(F)c1. The summed E-state index contributed by atoms with van der Waals surface area (Å²) >= 11 is 0.747. The molecule has 3 rings (SSSR count). The van der Waals surface area contributed by atoms with Gasteiger partial charge in [-0.25, -0.2) is 18.3 Å². The lowest BCUT2D eigenvalue weighted by Crippen LogP contribution is -2.02. The van der Waals surface area contributed by atoms with Gasteiger partial charge in [-0.15, -0.1) is 5.10 Å². The van der Waals surface area contributed by atoms with E-state index in [0.717, 1.165) is 36.7 Å². The summed E-state index contributed by atoms with van der Waals surface area (Å²) in [7, 11) is 0. The summed E-state index contributed by atoms with van der Waals surface area (Å²) in [6.07, 6.45) is 1.86. The predicted octanol–water partition coefficient (Wildman–Crippen LogP) is 2.14. The fourth-order valence-corrected chi connectivity index (χ4v) is 2.52. The van der Waals surface area contributed by atoms with Gasteiger partial charge in [0.2, 0.25) is 5.16 Å². The van der Waals surface area contributed by atoms with Crippen LogP contribution in [0.2, 0.25) is 0 Å². The van der Waals surface area contributed by atoms with Gasteiger partial charge in [-0.05, 0) is 47.2 Å². The quantitative estimate of drug-likeness (QED) is 0.931. The van der Waals surface area contributed by atoms with E-state index in [1.807, 2.05) is 0 Å². The van der Waals surface area contributed by atoms with Crippen LogP contribution in [0.1, 0.15) is 29.2 Å². The number of aromatic nitrogens is 4. The molecule has 1 aliphatic carbocycles. The number of nitrogens with zero attached hydrogens (tertiary/aromatic N) is 4. The summed E-state index contributed by atoms with van der Waals surface area (Å²) in [5.74, 6) is -3.28. The van der Waals surface area contributed by atoms with Gasteiger partial charge in [0.15, 0.2) is 0 Å². The first-order chi connectivity index (χ1) is 9.56. The van der Waals surface area contributed by atoms with Gasteiger partial charge in [-0.1, -0.05) is 0 Å². The van der Waals surface area contributed by atoms with Crippen molar-refractivity contribution in [2.45, 2.75) is 28.9 Å². The maximum absolute atomic E-state index is 13.8. The standard InChI is InChI=1S/C11H8F2N4O2S/c12-7-3-5(10(18)19)4-8(13)9(7)20-11-14-15-16-17(11)6-1-2-6/h3-4,6H,1-2H2,(H,18,19). The normalized spacial score (nSPS) is 14.5. The lowest BCUT2D eigenvalue weighted by Gasteiger charge is -2.06. The van der Waals surface area contributed by atoms with Crippen molar-refractivity contribution in [3.8, 4) is 0 Å². The Bertz CT molecular complexity index is 664. The maximum atomic E-state index is 13.8. The minimum Gasteiger partial charge on any atom is -0.478 e. The van der Waals surface area contributed by atoms with Gasteiger partial charge < -0.3 is 5.11 Å². The van der Waals surface area contributed by atoms with Gasteiger partial charge in [0.1, 0.15) is 11.6 Å². The second kappa shape index (κ2) is 4.82. The first-order valence-electron chi connectivity index (χ1n) is 5.74. The van der Waals surface area contributed by atoms with Crippen LogP contribution in [0.25, 0.3) is 0 Å². The van der Waals surface area contributed by atoms with Crippen molar-refractivity contribution in [3.05, 3.63) is 29.3 Å². The maximum Gasteiger partial charge on any atom is 0.335 e. The monoisotopic (exact) mass is 298 g/mol. The van der Waals surface area contributed by atoms with Crippen LogP contribution in [0.3, 0.4) is 0 Å². The van der Waals surface area contributed by atoms with Gasteiger partial charge in [0.05, 0.1) is 16.5 Å². The second-order valence-electron chi connectivity index (χ2n) is 4.31. The molecule has 0 radical (unpaired) electrons. The third-order valence-corrected chi connectivity index (χ3v) is 3.84. The van der Waals surface area contributed by atoms with Crippen molar-refractivity contribution in [1.29, 1.82) is 0 Å². The average Bonchev–Trinajstić information content (AvgIpc) is 3.13. The first kappa shape index (κ1) is 13.0. The Balaban J connectivity index is 1.94. The van der Waals surface area contributed by atoms with Crippen LogP contribution < -0.4 is 0 Å². The Morgan fingerprint density at radius 2 is 2.00 bits per heavy atom. The molecule has 0 aliphatic heterocycles. The average molecular weight is 298 g/mol. The summed E-state index contributed by atoms with van der Waals surface area (Å²) in [5.41, 5.74) is -0.439. The third-order valence-electron chi connectivity index (χ3n) is 2.79. The van der Waals surface area contributed by atoms with Gasteiger partial charge in [-0.2, -0.15) is 0 Å². The highest BCUT2D eigenvalue weighted by atomic mass is 32.2. The largest absolute Gasteiger partial charge is 0.478 e. The zero-order valence-corrected chi connectivity index (χ0v) is 10.8. The van der Waals surface area contributed by atoms with Crippen molar-refractivity contribution in [2.75, 3.05) is 0 Å². The molecule has 1 heterocycles. The highest BCUT2D eigenvalue weighted by Crippen LogP contribution is 2.39. The summed E-state index contributed by atoms with van der Waals surface area (Å²) in [5, 5.41) is 20.0. The molecular weight excluding hydrogens is 290 g/mol. The van der Waals surface area contributed by atoms with Crippen molar-refractivity contribution in [1.82, 2.24) is 20.2 Å². The molecule has 1 fully saturated rings. The van der Waals surface area contributed by atoms with E-state index in [1.54, 1.807) is 0 Å². The lowest BCUT2D eigenvalue weighted by atomic mass is 10.2. The number of carboxylic acid groups (broad SMARTS) is 1. The highest BCUT2D eigenvalue weighted by molar-refractivity contribution is 7.99. The third kappa shape index (κ3) is 2.36. The van der Waals surface area contributed by atoms with E-state index in [0.29, 0.717) is 0 Å². The van der Waals surface area contributed by atoms with Gasteiger partial charge >= 0.3 is 5.97 Å². The predicted molar refractivity (Wildman–Crippen MR) is 63.5 cm³/mol. The number of aromatic carboxylic acids is 1. The molecular formula is C11H8F2N4O2S. The summed E-state index contributed by atoms with van der Waals surface area (Å²) < 4.78 is 29.1. The van der Waals surface area contributed by atoms with E-state index in [2.05, 4.69) is 15.5 Å². The van der Waals surface area contributed by atoms with Crippen LogP contribution in [0.4, 0.5) is 8.78 Å². The number of hydrogen-bond acceptors (Lipinski definition) is 5. The van der Waals surface area contributed by atoms with E-state index < -0.39 is 23.2 Å². The van der Waals surface area contributed by atoms with Crippen molar-refractivity contribution in [3.63, 3.8) is 0 Å². The van der Waals surface area contributed by atoms with E-state index in [9.17, 15) is 13.6 Å². The van der Waals surface area contributed by atoms with E-state index in [-0.39, 0.29) is 16.1 Å². The molecule has 1 aromatic carbocycles.